The van der Waals surface area contributed by atoms with Crippen LogP contribution in [-0.4, -0.2) is 50.0 Å². The second-order valence-corrected chi connectivity index (χ2v) is 55.6. The van der Waals surface area contributed by atoms with Gasteiger partial charge in [0.25, 0.3) is 0 Å². The van der Waals surface area contributed by atoms with Gasteiger partial charge in [0.05, 0.1) is 0 Å². The predicted molar refractivity (Wildman–Crippen MR) is 285 cm³/mol. The first-order chi connectivity index (χ1) is 28.9. The Labute approximate surface area is 392 Å². The maximum absolute atomic E-state index is 7.46. The van der Waals surface area contributed by atoms with Crippen LogP contribution in [-0.2, 0) is 0 Å². The van der Waals surface area contributed by atoms with Gasteiger partial charge in [0.1, 0.15) is 0 Å². The maximum atomic E-state index is 7.46. The van der Waals surface area contributed by atoms with Crippen LogP contribution < -0.4 is 15.3 Å². The van der Waals surface area contributed by atoms with Crippen molar-refractivity contribution >= 4 is 127 Å². The van der Waals surface area contributed by atoms with Gasteiger partial charge in [0, 0.05) is 0 Å². The normalized spacial score (nSPS) is 13.8. The molecule has 0 aliphatic rings. The molecule has 0 aliphatic carbocycles. The summed E-state index contributed by atoms with van der Waals surface area (Å²) in [5.74, 6) is 3.61. The molecule has 8 heteroatoms. The standard InChI is InChI=1S/C46H68O2S4.6CH3.2Sn/c1-5-9-13-17-19-23-27-35(25-21-15-11-7-3)33-47-41-39-43-37(29-31-49-43)52-46(39)42(40-44-38(30-32-50-44)51-45(40)41)48-34-36(26-22-16-12-8-4)28-24-20-18-14-10-6-2;;;;;;;;/h29-30,35-36H,5-28,33-34H2,1-4H3;6*1H3;;. The van der Waals surface area contributed by atoms with E-state index in [9.17, 15) is 0 Å². The molecule has 2 nitrogen and oxygen atoms in total. The Bertz CT molecular complexity index is 1840. The quantitative estimate of drug-likeness (QED) is 0.0316. The summed E-state index contributed by atoms with van der Waals surface area (Å²) < 4.78 is 26.9. The van der Waals surface area contributed by atoms with Crippen LogP contribution in [0.15, 0.2) is 12.1 Å². The van der Waals surface area contributed by atoms with Crippen LogP contribution in [0.3, 0.4) is 0 Å². The third-order valence-corrected chi connectivity index (χ3v) is 36.6. The molecule has 0 bridgehead atoms. The molecule has 0 spiro atoms. The summed E-state index contributed by atoms with van der Waals surface area (Å²) in [5.41, 5.74) is 0. The van der Waals surface area contributed by atoms with E-state index < -0.39 is 36.8 Å². The molecule has 0 aliphatic heterocycles. The first-order valence-corrected chi connectivity index (χ1v) is 48.3. The van der Waals surface area contributed by atoms with E-state index in [0.717, 1.165) is 13.2 Å². The minimum absolute atomic E-state index is 0.617. The second-order valence-electron chi connectivity index (χ2n) is 20.5. The van der Waals surface area contributed by atoms with Gasteiger partial charge < -0.3 is 0 Å². The van der Waals surface area contributed by atoms with Crippen molar-refractivity contribution in [3.05, 3.63) is 12.1 Å². The van der Waals surface area contributed by atoms with Gasteiger partial charge in [-0.15, -0.1) is 0 Å². The molecule has 0 radical (unpaired) electrons. The molecule has 2 atom stereocenters. The molecule has 4 heterocycles. The van der Waals surface area contributed by atoms with Gasteiger partial charge in [-0.3, -0.25) is 0 Å². The molecule has 1 aromatic carbocycles. The summed E-state index contributed by atoms with van der Waals surface area (Å²) in [4.78, 5) is 15.5. The number of benzene rings is 1. The van der Waals surface area contributed by atoms with Crippen molar-refractivity contribution in [3.63, 3.8) is 0 Å². The third-order valence-electron chi connectivity index (χ3n) is 12.9. The average molecular weight is 1110 g/mol. The van der Waals surface area contributed by atoms with E-state index in [1.807, 2.05) is 22.7 Å². The fourth-order valence-corrected chi connectivity index (χ4v) is 25.2. The Morgan fingerprint density at radius 1 is 0.400 bits per heavy atom. The van der Waals surface area contributed by atoms with E-state index in [-0.39, 0.29) is 0 Å². The van der Waals surface area contributed by atoms with Crippen molar-refractivity contribution in [3.8, 4) is 11.5 Å². The number of hydrogen-bond donors (Lipinski definition) is 0. The summed E-state index contributed by atoms with van der Waals surface area (Å²) in [6, 6.07) is 5.19. The topological polar surface area (TPSA) is 18.5 Å². The molecule has 0 saturated carbocycles. The zero-order valence-corrected chi connectivity index (χ0v) is 49.1. The predicted octanol–water partition coefficient (Wildman–Crippen LogP) is 19.1. The van der Waals surface area contributed by atoms with E-state index in [0.29, 0.717) is 11.8 Å². The summed E-state index contributed by atoms with van der Waals surface area (Å²) in [7, 11) is 0. The van der Waals surface area contributed by atoms with Crippen molar-refractivity contribution in [1.29, 1.82) is 0 Å². The summed E-state index contributed by atoms with van der Waals surface area (Å²) in [6.45, 7) is 11.0. The van der Waals surface area contributed by atoms with E-state index in [4.69, 9.17) is 9.47 Å². The molecule has 338 valence electrons. The Morgan fingerprint density at radius 3 is 1.02 bits per heavy atom. The molecule has 2 unspecified atom stereocenters. The Morgan fingerprint density at radius 2 is 0.700 bits per heavy atom. The first-order valence-electron chi connectivity index (χ1n) is 25.1. The van der Waals surface area contributed by atoms with Gasteiger partial charge in [0.15, 0.2) is 0 Å². The molecule has 0 fully saturated rings. The van der Waals surface area contributed by atoms with Crippen LogP contribution in [0.5, 0.6) is 11.5 Å². The number of hydrogen-bond acceptors (Lipinski definition) is 6. The second kappa shape index (κ2) is 25.8. The molecular formula is C52H86O2S4Sn2. The molecule has 4 aromatic heterocycles. The van der Waals surface area contributed by atoms with Crippen LogP contribution in [0.1, 0.15) is 182 Å². The zero-order valence-electron chi connectivity index (χ0n) is 40.1. The van der Waals surface area contributed by atoms with Gasteiger partial charge >= 0.3 is 317 Å². The number of ether oxygens (including phenoxy) is 2. The van der Waals surface area contributed by atoms with E-state index in [2.05, 4.69) is 92.1 Å². The van der Waals surface area contributed by atoms with Crippen molar-refractivity contribution in [1.82, 2.24) is 0 Å². The number of fused-ring (bicyclic) bond motifs is 6. The average Bonchev–Trinajstić information content (AvgIpc) is 3.98. The molecule has 60 heavy (non-hydrogen) atoms. The molecule has 5 rings (SSSR count). The van der Waals surface area contributed by atoms with E-state index in [1.165, 1.54) is 205 Å². The number of unbranched alkanes of at least 4 members (excludes halogenated alkanes) is 16. The SMILES string of the molecule is CCCCCCCCC(CCCCCC)COc1c2sc3c[c]([Sn]([CH3])([CH3])[CH3])sc3c2c(OCC(CCCCCC)CCCCCCCC)c2sc3c[c]([Sn]([CH3])([CH3])[CH3])sc3c12. The Hall–Kier alpha value is 0.257. The van der Waals surface area contributed by atoms with Crippen LogP contribution in [0.25, 0.3) is 39.0 Å². The van der Waals surface area contributed by atoms with Gasteiger partial charge in [-0.25, -0.2) is 0 Å². The van der Waals surface area contributed by atoms with Gasteiger partial charge in [0.2, 0.25) is 0 Å². The monoisotopic (exact) mass is 1110 g/mol. The van der Waals surface area contributed by atoms with Crippen LogP contribution in [0.4, 0.5) is 0 Å². The fourth-order valence-electron chi connectivity index (χ4n) is 8.92. The molecule has 0 saturated heterocycles. The Kier molecular flexibility index (Phi) is 22.1. The first kappa shape index (κ1) is 51.2. The fraction of sp³-hybridized carbons (Fsp3) is 0.731. The van der Waals surface area contributed by atoms with Crippen LogP contribution >= 0.6 is 45.3 Å². The van der Waals surface area contributed by atoms with Gasteiger partial charge in [-0.1, -0.05) is 79.1 Å². The molecule has 0 N–H and O–H groups in total. The summed E-state index contributed by atoms with van der Waals surface area (Å²) in [5, 5.41) is 2.77. The van der Waals surface area contributed by atoms with Gasteiger partial charge in [-0.05, 0) is 0 Å². The van der Waals surface area contributed by atoms with Crippen molar-refractivity contribution in [2.45, 2.75) is 211 Å². The van der Waals surface area contributed by atoms with E-state index >= 15 is 0 Å². The van der Waals surface area contributed by atoms with E-state index in [1.54, 1.807) is 5.79 Å². The van der Waals surface area contributed by atoms with Crippen LogP contribution in [0.2, 0.25) is 29.6 Å². The third kappa shape index (κ3) is 14.6. The molecular weight excluding hydrogens is 1020 g/mol. The number of rotatable bonds is 32. The molecule has 5 aromatic rings. The zero-order chi connectivity index (χ0) is 43.1. The summed E-state index contributed by atoms with van der Waals surface area (Å²) >= 11 is 3.64. The van der Waals surface area contributed by atoms with Crippen LogP contribution in [0, 0.1) is 11.8 Å². The minimum atomic E-state index is -2.31. The summed E-state index contributed by atoms with van der Waals surface area (Å²) in [6.07, 6.45) is 32.2. The van der Waals surface area contributed by atoms with Gasteiger partial charge in [-0.2, -0.15) is 0 Å². The van der Waals surface area contributed by atoms with Crippen molar-refractivity contribution < 1.29 is 9.47 Å². The van der Waals surface area contributed by atoms with Crippen molar-refractivity contribution in [2.24, 2.45) is 11.8 Å². The number of thiophene rings is 4. The Balaban J connectivity index is 1.58. The van der Waals surface area contributed by atoms with Crippen molar-refractivity contribution in [2.75, 3.05) is 13.2 Å². The molecule has 0 amide bonds.